The van der Waals surface area contributed by atoms with Gasteiger partial charge in [0.25, 0.3) is 0 Å². The van der Waals surface area contributed by atoms with Crippen molar-refractivity contribution < 1.29 is 0 Å². The van der Waals surface area contributed by atoms with Gasteiger partial charge < -0.3 is 4.57 Å². The molecule has 1 heterocycles. The molecular weight excluding hydrogens is 595 g/mol. The second kappa shape index (κ2) is 10.4. The smallest absolute Gasteiger partial charge is 0.0991 e. The van der Waals surface area contributed by atoms with Gasteiger partial charge in [-0.2, -0.15) is 10.5 Å². The normalized spacial score (nSPS) is 15.3. The quantitative estimate of drug-likeness (QED) is 0.197. The third-order valence-electron chi connectivity index (χ3n) is 10.6. The summed E-state index contributed by atoms with van der Waals surface area (Å²) >= 11 is 0. The fraction of sp³-hybridized carbons (Fsp3) is 0.0435. The summed E-state index contributed by atoms with van der Waals surface area (Å²) in [5.41, 5.74) is 17.0. The molecule has 49 heavy (non-hydrogen) atoms. The van der Waals surface area contributed by atoms with Crippen LogP contribution in [0.15, 0.2) is 152 Å². The van der Waals surface area contributed by atoms with E-state index in [4.69, 9.17) is 0 Å². The van der Waals surface area contributed by atoms with Gasteiger partial charge in [0, 0.05) is 28.3 Å². The molecule has 8 aromatic rings. The lowest BCUT2D eigenvalue weighted by atomic mass is 9.59. The van der Waals surface area contributed by atoms with Gasteiger partial charge in [-0.25, -0.2) is 0 Å². The highest BCUT2D eigenvalue weighted by molar-refractivity contribution is 6.10. The van der Waals surface area contributed by atoms with E-state index >= 15 is 0 Å². The maximum atomic E-state index is 9.78. The van der Waals surface area contributed by atoms with Crippen LogP contribution < -0.4 is 0 Å². The Morgan fingerprint density at radius 1 is 0.429 bits per heavy atom. The molecule has 0 radical (unpaired) electrons. The molecule has 3 aliphatic carbocycles. The summed E-state index contributed by atoms with van der Waals surface area (Å²) in [5.74, 6) is -0.0199. The molecule has 0 aliphatic heterocycles. The molecule has 0 unspecified atom stereocenters. The summed E-state index contributed by atoms with van der Waals surface area (Å²) in [7, 11) is 0. The number of para-hydroxylation sites is 1. The molecule has 0 amide bonds. The molecule has 3 aliphatic rings. The van der Waals surface area contributed by atoms with Crippen molar-refractivity contribution in [1.29, 1.82) is 10.5 Å². The zero-order valence-electron chi connectivity index (χ0n) is 26.4. The number of hydrogen-bond acceptors (Lipinski definition) is 2. The summed E-state index contributed by atoms with van der Waals surface area (Å²) < 4.78 is 2.38. The van der Waals surface area contributed by atoms with Gasteiger partial charge >= 0.3 is 0 Å². The highest BCUT2D eigenvalue weighted by Crippen LogP contribution is 2.58. The Balaban J connectivity index is 1.18. The molecule has 7 aromatic carbocycles. The fourth-order valence-corrected chi connectivity index (χ4v) is 8.58. The molecule has 0 N–H and O–H groups in total. The third kappa shape index (κ3) is 3.94. The zero-order chi connectivity index (χ0) is 32.6. The first kappa shape index (κ1) is 27.4. The molecule has 226 valence electrons. The minimum absolute atomic E-state index is 0.0134. The van der Waals surface area contributed by atoms with Crippen molar-refractivity contribution in [2.75, 3.05) is 0 Å². The van der Waals surface area contributed by atoms with Crippen molar-refractivity contribution in [3.8, 4) is 40.1 Å². The molecular formula is C46H27N3. The lowest BCUT2D eigenvalue weighted by Gasteiger charge is -2.43. The van der Waals surface area contributed by atoms with Crippen molar-refractivity contribution in [3.63, 3.8) is 0 Å². The Hall–Kier alpha value is -6.68. The summed E-state index contributed by atoms with van der Waals surface area (Å²) in [6.45, 7) is 0. The average Bonchev–Trinajstić information content (AvgIpc) is 3.51. The van der Waals surface area contributed by atoms with Crippen molar-refractivity contribution in [2.45, 2.75) is 11.8 Å². The van der Waals surface area contributed by atoms with E-state index in [1.54, 1.807) is 0 Å². The van der Waals surface area contributed by atoms with E-state index in [0.717, 1.165) is 5.69 Å². The molecule has 0 fully saturated rings. The van der Waals surface area contributed by atoms with Gasteiger partial charge in [-0.05, 0) is 110 Å². The van der Waals surface area contributed by atoms with Gasteiger partial charge in [0.2, 0.25) is 0 Å². The predicted octanol–water partition coefficient (Wildman–Crippen LogP) is 10.8. The van der Waals surface area contributed by atoms with Crippen molar-refractivity contribution in [1.82, 2.24) is 4.57 Å². The van der Waals surface area contributed by atoms with Gasteiger partial charge in [0.15, 0.2) is 0 Å². The lowest BCUT2D eigenvalue weighted by Crippen LogP contribution is -2.28. The minimum Gasteiger partial charge on any atom is -0.309 e. The summed E-state index contributed by atoms with van der Waals surface area (Å²) in [6, 6.07) is 58.6. The van der Waals surface area contributed by atoms with E-state index in [9.17, 15) is 10.5 Å². The summed E-state index contributed by atoms with van der Waals surface area (Å²) in [4.78, 5) is 0. The summed E-state index contributed by atoms with van der Waals surface area (Å²) in [6.07, 6.45) is 0. The predicted molar refractivity (Wildman–Crippen MR) is 196 cm³/mol. The van der Waals surface area contributed by atoms with Crippen molar-refractivity contribution >= 4 is 21.8 Å². The van der Waals surface area contributed by atoms with Crippen LogP contribution in [0.4, 0.5) is 0 Å². The minimum atomic E-state index is -0.0333. The molecule has 0 saturated carbocycles. The number of benzene rings is 7. The molecule has 2 bridgehead atoms. The Kier molecular flexibility index (Phi) is 5.83. The number of rotatable bonds is 3. The van der Waals surface area contributed by atoms with Crippen LogP contribution in [-0.4, -0.2) is 4.57 Å². The standard InChI is InChI=1S/C46H27N3/c47-26-28-16-19-36-40(22-28)44-38-14-7-13-34(45(38)46(36)37-20-17-29(27-48)23-41(37)44)32-18-21-43-39(25-32)35-12-4-5-15-42(35)49(43)33-11-6-10-31(24-33)30-8-2-1-3-9-30/h1-25,44,46H. The maximum Gasteiger partial charge on any atom is 0.0991 e. The average molecular weight is 622 g/mol. The molecule has 0 saturated heterocycles. The third-order valence-corrected chi connectivity index (χ3v) is 10.6. The number of nitriles is 2. The molecule has 3 heteroatoms. The van der Waals surface area contributed by atoms with Crippen LogP contribution in [0.5, 0.6) is 0 Å². The van der Waals surface area contributed by atoms with Gasteiger partial charge in [-0.15, -0.1) is 0 Å². The molecule has 0 atom stereocenters. The molecule has 1 aromatic heterocycles. The topological polar surface area (TPSA) is 52.5 Å². The van der Waals surface area contributed by atoms with Crippen LogP contribution in [0.25, 0.3) is 49.7 Å². The van der Waals surface area contributed by atoms with Gasteiger partial charge in [-0.1, -0.05) is 97.1 Å². The summed E-state index contributed by atoms with van der Waals surface area (Å²) in [5, 5.41) is 22.0. The Labute approximate surface area is 284 Å². The number of nitrogens with zero attached hydrogens (tertiary/aromatic N) is 3. The fourth-order valence-electron chi connectivity index (χ4n) is 8.58. The second-order valence-corrected chi connectivity index (χ2v) is 13.1. The largest absolute Gasteiger partial charge is 0.309 e. The van der Waals surface area contributed by atoms with Crippen molar-refractivity contribution in [2.24, 2.45) is 0 Å². The zero-order valence-corrected chi connectivity index (χ0v) is 26.4. The van der Waals surface area contributed by atoms with Crippen molar-refractivity contribution in [3.05, 3.63) is 196 Å². The second-order valence-electron chi connectivity index (χ2n) is 13.1. The molecule has 3 nitrogen and oxygen atoms in total. The van der Waals surface area contributed by atoms with Crippen LogP contribution >= 0.6 is 0 Å². The SMILES string of the molecule is N#Cc1ccc2c(c1)C1c3cc(C#N)ccc3C2c2c(-c3ccc4c(c3)c3ccccc3n4-c3cccc(-c4ccccc4)c3)cccc21. The van der Waals surface area contributed by atoms with Crippen LogP contribution in [0.1, 0.15) is 56.3 Å². The number of aromatic nitrogens is 1. The monoisotopic (exact) mass is 621 g/mol. The highest BCUT2D eigenvalue weighted by atomic mass is 15.0. The van der Waals surface area contributed by atoms with Crippen LogP contribution in [0.3, 0.4) is 0 Å². The van der Waals surface area contributed by atoms with Crippen LogP contribution in [0.2, 0.25) is 0 Å². The van der Waals surface area contributed by atoms with E-state index < -0.39 is 0 Å². The van der Waals surface area contributed by atoms with Gasteiger partial charge in [-0.3, -0.25) is 0 Å². The van der Waals surface area contributed by atoms with E-state index in [2.05, 4.69) is 156 Å². The van der Waals surface area contributed by atoms with E-state index in [1.165, 1.54) is 77.4 Å². The Morgan fingerprint density at radius 2 is 1.10 bits per heavy atom. The molecule has 0 spiro atoms. The highest BCUT2D eigenvalue weighted by Gasteiger charge is 2.42. The lowest BCUT2D eigenvalue weighted by molar-refractivity contribution is 0.755. The van der Waals surface area contributed by atoms with Gasteiger partial charge in [0.05, 0.1) is 34.3 Å². The van der Waals surface area contributed by atoms with Gasteiger partial charge in [0.1, 0.15) is 0 Å². The molecule has 11 rings (SSSR count). The van der Waals surface area contributed by atoms with E-state index in [-0.39, 0.29) is 11.8 Å². The first-order valence-electron chi connectivity index (χ1n) is 16.6. The first-order chi connectivity index (χ1) is 24.2. The van der Waals surface area contributed by atoms with E-state index in [0.29, 0.717) is 11.1 Å². The van der Waals surface area contributed by atoms with Crippen LogP contribution in [-0.2, 0) is 0 Å². The maximum absolute atomic E-state index is 9.78. The Morgan fingerprint density at radius 3 is 1.86 bits per heavy atom. The first-order valence-corrected chi connectivity index (χ1v) is 16.6. The number of hydrogen-bond donors (Lipinski definition) is 0. The number of fused-ring (bicyclic) bond motifs is 3. The Bertz CT molecular complexity index is 2690. The van der Waals surface area contributed by atoms with E-state index in [1.807, 2.05) is 12.1 Å². The van der Waals surface area contributed by atoms with Crippen LogP contribution in [0, 0.1) is 22.7 Å².